The molecule has 0 heterocycles. The highest BCUT2D eigenvalue weighted by Gasteiger charge is 1.98. The molecule has 0 unspecified atom stereocenters. The fraction of sp³-hybridized carbons (Fsp3) is 0.188. The van der Waals surface area contributed by atoms with Crippen LogP contribution in [0.5, 0.6) is 5.75 Å². The number of rotatable bonds is 5. The Kier molecular flexibility index (Phi) is 4.56. The molecule has 0 aliphatic rings. The lowest BCUT2D eigenvalue weighted by Gasteiger charge is -2.07. The maximum atomic E-state index is 10.7. The van der Waals surface area contributed by atoms with Crippen molar-refractivity contribution in [2.75, 3.05) is 0 Å². The maximum Gasteiger partial charge on any atom is 0.302 e. The van der Waals surface area contributed by atoms with Gasteiger partial charge in [-0.25, -0.2) is 0 Å². The molecule has 0 aromatic heterocycles. The molecule has 0 spiro atoms. The van der Waals surface area contributed by atoms with Crippen LogP contribution in [-0.2, 0) is 22.7 Å². The van der Waals surface area contributed by atoms with Gasteiger partial charge in [0.15, 0.2) is 0 Å². The van der Waals surface area contributed by atoms with E-state index in [-0.39, 0.29) is 5.97 Å². The van der Waals surface area contributed by atoms with E-state index in [4.69, 9.17) is 9.47 Å². The van der Waals surface area contributed by atoms with Gasteiger partial charge in [-0.3, -0.25) is 4.79 Å². The minimum Gasteiger partial charge on any atom is -0.489 e. The quantitative estimate of drug-likeness (QED) is 0.770. The van der Waals surface area contributed by atoms with Crippen LogP contribution in [0.25, 0.3) is 0 Å². The molecule has 3 nitrogen and oxygen atoms in total. The molecule has 0 atom stereocenters. The zero-order chi connectivity index (χ0) is 13.5. The number of esters is 1. The third-order valence-electron chi connectivity index (χ3n) is 2.61. The van der Waals surface area contributed by atoms with Crippen LogP contribution in [0.1, 0.15) is 18.1 Å². The number of hydrogen-bond donors (Lipinski definition) is 0. The van der Waals surface area contributed by atoms with Gasteiger partial charge in [-0.2, -0.15) is 0 Å². The molecule has 0 amide bonds. The summed E-state index contributed by atoms with van der Waals surface area (Å²) in [5, 5.41) is 0. The predicted molar refractivity (Wildman–Crippen MR) is 72.7 cm³/mol. The van der Waals surface area contributed by atoms with Crippen molar-refractivity contribution in [1.82, 2.24) is 0 Å². The highest BCUT2D eigenvalue weighted by Crippen LogP contribution is 2.12. The van der Waals surface area contributed by atoms with Crippen LogP contribution < -0.4 is 4.74 Å². The lowest BCUT2D eigenvalue weighted by Crippen LogP contribution is -1.99. The van der Waals surface area contributed by atoms with E-state index >= 15 is 0 Å². The standard InChI is InChI=1S/C16H16O3/c1-13(17)18-11-14-7-9-15(10-8-14)12-19-16-5-3-2-4-6-16/h2-10H,11-12H2,1H3. The molecule has 0 aliphatic carbocycles. The Hall–Kier alpha value is -2.29. The summed E-state index contributed by atoms with van der Waals surface area (Å²) < 4.78 is 10.6. The van der Waals surface area contributed by atoms with E-state index in [0.29, 0.717) is 13.2 Å². The lowest BCUT2D eigenvalue weighted by atomic mass is 10.1. The summed E-state index contributed by atoms with van der Waals surface area (Å²) in [5.41, 5.74) is 2.05. The summed E-state index contributed by atoms with van der Waals surface area (Å²) in [7, 11) is 0. The summed E-state index contributed by atoms with van der Waals surface area (Å²) in [5.74, 6) is 0.586. The summed E-state index contributed by atoms with van der Waals surface area (Å²) >= 11 is 0. The van der Waals surface area contributed by atoms with Crippen molar-refractivity contribution in [3.05, 3.63) is 65.7 Å². The average Bonchev–Trinajstić information content (AvgIpc) is 2.45. The Bertz CT molecular complexity index is 517. The van der Waals surface area contributed by atoms with Crippen molar-refractivity contribution in [3.8, 4) is 5.75 Å². The van der Waals surface area contributed by atoms with Crippen LogP contribution in [-0.4, -0.2) is 5.97 Å². The van der Waals surface area contributed by atoms with Gasteiger partial charge in [0.1, 0.15) is 19.0 Å². The first-order chi connectivity index (χ1) is 9.24. The Labute approximate surface area is 112 Å². The molecular formula is C16H16O3. The monoisotopic (exact) mass is 256 g/mol. The number of para-hydroxylation sites is 1. The van der Waals surface area contributed by atoms with E-state index < -0.39 is 0 Å². The van der Waals surface area contributed by atoms with Crippen molar-refractivity contribution < 1.29 is 14.3 Å². The van der Waals surface area contributed by atoms with Crippen molar-refractivity contribution >= 4 is 5.97 Å². The fourth-order valence-electron chi connectivity index (χ4n) is 1.60. The number of carbonyl (C=O) groups excluding carboxylic acids is 1. The Morgan fingerprint density at radius 1 is 0.895 bits per heavy atom. The molecule has 19 heavy (non-hydrogen) atoms. The highest BCUT2D eigenvalue weighted by molar-refractivity contribution is 5.65. The van der Waals surface area contributed by atoms with Crippen LogP contribution in [0.2, 0.25) is 0 Å². The third kappa shape index (κ3) is 4.47. The number of carbonyl (C=O) groups is 1. The molecule has 0 aliphatic heterocycles. The largest absolute Gasteiger partial charge is 0.489 e. The molecule has 2 rings (SSSR count). The first-order valence-corrected chi connectivity index (χ1v) is 6.13. The molecule has 2 aromatic carbocycles. The van der Waals surface area contributed by atoms with E-state index in [0.717, 1.165) is 16.9 Å². The molecule has 0 saturated heterocycles. The average molecular weight is 256 g/mol. The molecule has 0 N–H and O–H groups in total. The summed E-state index contributed by atoms with van der Waals surface area (Å²) in [6, 6.07) is 17.5. The van der Waals surface area contributed by atoms with Crippen LogP contribution in [0.4, 0.5) is 0 Å². The van der Waals surface area contributed by atoms with E-state index in [9.17, 15) is 4.79 Å². The van der Waals surface area contributed by atoms with Gasteiger partial charge in [0.2, 0.25) is 0 Å². The normalized spacial score (nSPS) is 9.95. The predicted octanol–water partition coefficient (Wildman–Crippen LogP) is 3.33. The minimum absolute atomic E-state index is 0.267. The third-order valence-corrected chi connectivity index (χ3v) is 2.61. The summed E-state index contributed by atoms with van der Waals surface area (Å²) in [4.78, 5) is 10.7. The number of benzene rings is 2. The molecule has 98 valence electrons. The highest BCUT2D eigenvalue weighted by atomic mass is 16.5. The second kappa shape index (κ2) is 6.59. The first kappa shape index (κ1) is 13.1. The zero-order valence-electron chi connectivity index (χ0n) is 10.8. The molecule has 0 saturated carbocycles. The Morgan fingerprint density at radius 2 is 1.47 bits per heavy atom. The second-order valence-corrected chi connectivity index (χ2v) is 4.20. The number of ether oxygens (including phenoxy) is 2. The number of hydrogen-bond acceptors (Lipinski definition) is 3. The van der Waals surface area contributed by atoms with Gasteiger partial charge >= 0.3 is 5.97 Å². The topological polar surface area (TPSA) is 35.5 Å². The Morgan fingerprint density at radius 3 is 2.05 bits per heavy atom. The van der Waals surface area contributed by atoms with Crippen LogP contribution >= 0.6 is 0 Å². The van der Waals surface area contributed by atoms with Crippen molar-refractivity contribution in [2.45, 2.75) is 20.1 Å². The van der Waals surface area contributed by atoms with Gasteiger partial charge in [-0.1, -0.05) is 42.5 Å². The van der Waals surface area contributed by atoms with Crippen molar-refractivity contribution in [1.29, 1.82) is 0 Å². The molecule has 3 heteroatoms. The van der Waals surface area contributed by atoms with Crippen LogP contribution in [0.3, 0.4) is 0 Å². The van der Waals surface area contributed by atoms with Gasteiger partial charge in [-0.15, -0.1) is 0 Å². The minimum atomic E-state index is -0.267. The zero-order valence-corrected chi connectivity index (χ0v) is 10.8. The summed E-state index contributed by atoms with van der Waals surface area (Å²) in [6.45, 7) is 2.25. The fourth-order valence-corrected chi connectivity index (χ4v) is 1.60. The maximum absolute atomic E-state index is 10.7. The van der Waals surface area contributed by atoms with Gasteiger partial charge < -0.3 is 9.47 Å². The molecule has 2 aromatic rings. The molecular weight excluding hydrogens is 240 g/mol. The summed E-state index contributed by atoms with van der Waals surface area (Å²) in [6.07, 6.45) is 0. The van der Waals surface area contributed by atoms with Crippen molar-refractivity contribution in [2.24, 2.45) is 0 Å². The van der Waals surface area contributed by atoms with Gasteiger partial charge in [0.25, 0.3) is 0 Å². The molecule has 0 radical (unpaired) electrons. The van der Waals surface area contributed by atoms with Crippen LogP contribution in [0, 0.1) is 0 Å². The van der Waals surface area contributed by atoms with E-state index in [2.05, 4.69) is 0 Å². The van der Waals surface area contributed by atoms with E-state index in [1.165, 1.54) is 6.92 Å². The SMILES string of the molecule is CC(=O)OCc1ccc(COc2ccccc2)cc1. The van der Waals surface area contributed by atoms with E-state index in [1.807, 2.05) is 54.6 Å². The van der Waals surface area contributed by atoms with Crippen molar-refractivity contribution in [3.63, 3.8) is 0 Å². The van der Waals surface area contributed by atoms with Gasteiger partial charge in [0, 0.05) is 6.92 Å². The lowest BCUT2D eigenvalue weighted by molar-refractivity contribution is -0.142. The van der Waals surface area contributed by atoms with Crippen LogP contribution in [0.15, 0.2) is 54.6 Å². The second-order valence-electron chi connectivity index (χ2n) is 4.20. The smallest absolute Gasteiger partial charge is 0.302 e. The van der Waals surface area contributed by atoms with E-state index in [1.54, 1.807) is 0 Å². The Balaban J connectivity index is 1.86. The molecule has 0 bridgehead atoms. The van der Waals surface area contributed by atoms with Gasteiger partial charge in [0.05, 0.1) is 0 Å². The van der Waals surface area contributed by atoms with Gasteiger partial charge in [-0.05, 0) is 23.3 Å². The molecule has 0 fully saturated rings. The first-order valence-electron chi connectivity index (χ1n) is 6.13.